The monoisotopic (exact) mass is 417 g/mol. The smallest absolute Gasteiger partial charge is 0.137 e. The van der Waals surface area contributed by atoms with E-state index in [0.29, 0.717) is 8.95 Å². The number of rotatable bonds is 5. The lowest BCUT2D eigenvalue weighted by Crippen LogP contribution is -2.23. The fraction of sp³-hybridized carbons (Fsp3) is 0.250. The third-order valence-corrected chi connectivity index (χ3v) is 4.16. The van der Waals surface area contributed by atoms with Crippen molar-refractivity contribution < 1.29 is 8.78 Å². The molecule has 1 unspecified atom stereocenters. The lowest BCUT2D eigenvalue weighted by Gasteiger charge is -2.20. The summed E-state index contributed by atoms with van der Waals surface area (Å²) in [6.07, 6.45) is 0.954. The molecule has 0 radical (unpaired) electrons. The van der Waals surface area contributed by atoms with E-state index in [0.717, 1.165) is 24.1 Å². The molecule has 0 aliphatic rings. The van der Waals surface area contributed by atoms with Crippen molar-refractivity contribution >= 4 is 31.9 Å². The molecule has 112 valence electrons. The standard InChI is InChI=1S/C16H15Br2F2N/c1-2-5-21-16(10-3-4-15(20)14(18)8-10)11-6-12(17)9-13(19)7-11/h3-4,6-9,16,21H,2,5H2,1H3. The Labute approximate surface area is 140 Å². The van der Waals surface area contributed by atoms with Crippen LogP contribution in [0, 0.1) is 11.6 Å². The zero-order valence-electron chi connectivity index (χ0n) is 11.5. The summed E-state index contributed by atoms with van der Waals surface area (Å²) >= 11 is 6.51. The molecule has 0 fully saturated rings. The summed E-state index contributed by atoms with van der Waals surface area (Å²) in [5.74, 6) is -0.614. The molecule has 0 saturated heterocycles. The summed E-state index contributed by atoms with van der Waals surface area (Å²) in [6.45, 7) is 2.85. The first-order chi connectivity index (χ1) is 10.0. The number of hydrogen-bond acceptors (Lipinski definition) is 1. The van der Waals surface area contributed by atoms with E-state index in [9.17, 15) is 8.78 Å². The van der Waals surface area contributed by atoms with Crippen LogP contribution in [-0.2, 0) is 0 Å². The van der Waals surface area contributed by atoms with Crippen LogP contribution in [0.4, 0.5) is 8.78 Å². The second-order valence-electron chi connectivity index (χ2n) is 4.76. The summed E-state index contributed by atoms with van der Waals surface area (Å²) in [7, 11) is 0. The van der Waals surface area contributed by atoms with Gasteiger partial charge in [0.15, 0.2) is 0 Å². The summed E-state index contributed by atoms with van der Waals surface area (Å²) in [4.78, 5) is 0. The molecule has 2 aromatic carbocycles. The van der Waals surface area contributed by atoms with Crippen LogP contribution in [0.25, 0.3) is 0 Å². The molecule has 2 rings (SSSR count). The molecule has 0 amide bonds. The van der Waals surface area contributed by atoms with Gasteiger partial charge in [0.05, 0.1) is 10.5 Å². The van der Waals surface area contributed by atoms with Crippen molar-refractivity contribution in [1.29, 1.82) is 0 Å². The van der Waals surface area contributed by atoms with Gasteiger partial charge in [-0.25, -0.2) is 8.78 Å². The number of hydrogen-bond donors (Lipinski definition) is 1. The van der Waals surface area contributed by atoms with Gasteiger partial charge < -0.3 is 5.32 Å². The van der Waals surface area contributed by atoms with Crippen LogP contribution in [-0.4, -0.2) is 6.54 Å². The van der Waals surface area contributed by atoms with Crippen LogP contribution in [0.5, 0.6) is 0 Å². The van der Waals surface area contributed by atoms with E-state index in [4.69, 9.17) is 0 Å². The highest BCUT2D eigenvalue weighted by atomic mass is 79.9. The Kier molecular flexibility index (Phi) is 5.90. The zero-order valence-corrected chi connectivity index (χ0v) is 14.6. The average Bonchev–Trinajstić information content (AvgIpc) is 2.42. The van der Waals surface area contributed by atoms with Crippen molar-refractivity contribution in [3.05, 3.63) is 68.1 Å². The highest BCUT2D eigenvalue weighted by molar-refractivity contribution is 9.10. The Morgan fingerprint density at radius 2 is 1.81 bits per heavy atom. The Morgan fingerprint density at radius 3 is 2.43 bits per heavy atom. The number of benzene rings is 2. The minimum absolute atomic E-state index is 0.186. The van der Waals surface area contributed by atoms with Gasteiger partial charge in [-0.3, -0.25) is 0 Å². The molecule has 0 spiro atoms. The molecule has 5 heteroatoms. The van der Waals surface area contributed by atoms with E-state index in [1.807, 2.05) is 6.07 Å². The lowest BCUT2D eigenvalue weighted by molar-refractivity contribution is 0.580. The molecule has 1 N–H and O–H groups in total. The first-order valence-corrected chi connectivity index (χ1v) is 8.24. The summed E-state index contributed by atoms with van der Waals surface area (Å²) in [5, 5.41) is 3.37. The van der Waals surface area contributed by atoms with E-state index in [2.05, 4.69) is 44.1 Å². The van der Waals surface area contributed by atoms with Crippen molar-refractivity contribution in [1.82, 2.24) is 5.32 Å². The molecule has 0 aliphatic heterocycles. The molecule has 0 saturated carbocycles. The molecule has 0 aromatic heterocycles. The normalized spacial score (nSPS) is 12.4. The van der Waals surface area contributed by atoms with Crippen molar-refractivity contribution in [3.63, 3.8) is 0 Å². The minimum atomic E-state index is -0.312. The van der Waals surface area contributed by atoms with Gasteiger partial charge in [-0.05, 0) is 70.4 Å². The van der Waals surface area contributed by atoms with Gasteiger partial charge in [-0.1, -0.05) is 28.9 Å². The van der Waals surface area contributed by atoms with E-state index in [-0.39, 0.29) is 17.7 Å². The van der Waals surface area contributed by atoms with E-state index < -0.39 is 0 Å². The van der Waals surface area contributed by atoms with Crippen LogP contribution in [0.2, 0.25) is 0 Å². The first kappa shape index (κ1) is 16.6. The van der Waals surface area contributed by atoms with Crippen LogP contribution in [0.15, 0.2) is 45.3 Å². The van der Waals surface area contributed by atoms with Crippen LogP contribution in [0.3, 0.4) is 0 Å². The lowest BCUT2D eigenvalue weighted by atomic mass is 9.98. The van der Waals surface area contributed by atoms with Gasteiger partial charge in [0.1, 0.15) is 11.6 Å². The van der Waals surface area contributed by atoms with Crippen molar-refractivity contribution in [2.45, 2.75) is 19.4 Å². The van der Waals surface area contributed by atoms with Crippen molar-refractivity contribution in [2.24, 2.45) is 0 Å². The fourth-order valence-corrected chi connectivity index (χ4v) is 3.03. The fourth-order valence-electron chi connectivity index (χ4n) is 2.15. The number of halogens is 4. The molecule has 21 heavy (non-hydrogen) atoms. The van der Waals surface area contributed by atoms with Gasteiger partial charge in [0, 0.05) is 4.47 Å². The highest BCUT2D eigenvalue weighted by Gasteiger charge is 2.16. The minimum Gasteiger partial charge on any atom is -0.306 e. The summed E-state index contributed by atoms with van der Waals surface area (Å²) in [6, 6.07) is 9.44. The molecular formula is C16H15Br2F2N. The third-order valence-electron chi connectivity index (χ3n) is 3.09. The van der Waals surface area contributed by atoms with Crippen molar-refractivity contribution in [2.75, 3.05) is 6.54 Å². The largest absolute Gasteiger partial charge is 0.306 e. The van der Waals surface area contributed by atoms with Crippen molar-refractivity contribution in [3.8, 4) is 0 Å². The van der Waals surface area contributed by atoms with E-state index >= 15 is 0 Å². The second kappa shape index (κ2) is 7.47. The molecule has 0 bridgehead atoms. The van der Waals surface area contributed by atoms with Gasteiger partial charge >= 0.3 is 0 Å². The van der Waals surface area contributed by atoms with Crippen LogP contribution >= 0.6 is 31.9 Å². The van der Waals surface area contributed by atoms with E-state index in [1.165, 1.54) is 18.2 Å². The molecule has 2 aromatic rings. The number of nitrogens with one attached hydrogen (secondary N) is 1. The van der Waals surface area contributed by atoms with Crippen LogP contribution < -0.4 is 5.32 Å². The zero-order chi connectivity index (χ0) is 15.4. The first-order valence-electron chi connectivity index (χ1n) is 6.65. The predicted octanol–water partition coefficient (Wildman–Crippen LogP) is 5.58. The Balaban J connectivity index is 2.43. The summed E-state index contributed by atoms with van der Waals surface area (Å²) < 4.78 is 28.1. The molecule has 1 atom stereocenters. The summed E-state index contributed by atoms with van der Waals surface area (Å²) in [5.41, 5.74) is 1.68. The molecular weight excluding hydrogens is 404 g/mol. The van der Waals surface area contributed by atoms with Gasteiger partial charge in [-0.2, -0.15) is 0 Å². The Hall–Kier alpha value is -0.780. The van der Waals surface area contributed by atoms with E-state index in [1.54, 1.807) is 12.1 Å². The van der Waals surface area contributed by atoms with Gasteiger partial charge in [-0.15, -0.1) is 0 Å². The molecule has 0 aliphatic carbocycles. The average molecular weight is 419 g/mol. The van der Waals surface area contributed by atoms with Gasteiger partial charge in [0.25, 0.3) is 0 Å². The molecule has 1 nitrogen and oxygen atoms in total. The molecule has 0 heterocycles. The third kappa shape index (κ3) is 4.34. The SMILES string of the molecule is CCCNC(c1cc(F)cc(Br)c1)c1ccc(F)c(Br)c1. The highest BCUT2D eigenvalue weighted by Crippen LogP contribution is 2.28. The predicted molar refractivity (Wildman–Crippen MR) is 88.3 cm³/mol. The topological polar surface area (TPSA) is 12.0 Å². The van der Waals surface area contributed by atoms with Crippen LogP contribution in [0.1, 0.15) is 30.5 Å². The maximum atomic E-state index is 13.6. The maximum absolute atomic E-state index is 13.6. The Bertz CT molecular complexity index is 611. The quantitative estimate of drug-likeness (QED) is 0.668. The maximum Gasteiger partial charge on any atom is 0.137 e. The Morgan fingerprint density at radius 1 is 1.05 bits per heavy atom. The second-order valence-corrected chi connectivity index (χ2v) is 6.53. The van der Waals surface area contributed by atoms with Gasteiger partial charge in [0.2, 0.25) is 0 Å².